The van der Waals surface area contributed by atoms with Crippen molar-refractivity contribution in [2.45, 2.75) is 19.8 Å². The average Bonchev–Trinajstić information content (AvgIpc) is 2.22. The molecule has 0 amide bonds. The number of halogens is 2. The smallest absolute Gasteiger partial charge is 0.142 e. The highest BCUT2D eigenvalue weighted by molar-refractivity contribution is 6.36. The molecule has 0 aliphatic carbocycles. The highest BCUT2D eigenvalue weighted by Crippen LogP contribution is 2.34. The van der Waals surface area contributed by atoms with E-state index in [9.17, 15) is 4.39 Å². The third-order valence-electron chi connectivity index (χ3n) is 2.68. The Kier molecular flexibility index (Phi) is 2.76. The summed E-state index contributed by atoms with van der Waals surface area (Å²) in [6.45, 7) is 4.07. The number of anilines is 1. The van der Waals surface area contributed by atoms with E-state index in [1.807, 2.05) is 26.0 Å². The predicted octanol–water partition coefficient (Wildman–Crippen LogP) is 4.34. The Morgan fingerprint density at radius 2 is 1.94 bits per heavy atom. The van der Waals surface area contributed by atoms with Gasteiger partial charge < -0.3 is 5.73 Å². The fourth-order valence-electron chi connectivity index (χ4n) is 1.91. The maximum absolute atomic E-state index is 13.4. The Hall–Kier alpha value is -1.28. The maximum Gasteiger partial charge on any atom is 0.142 e. The second-order valence-electron chi connectivity index (χ2n) is 4.22. The molecule has 0 fully saturated rings. The zero-order valence-corrected chi connectivity index (χ0v) is 9.98. The van der Waals surface area contributed by atoms with Gasteiger partial charge in [-0.3, -0.25) is 0 Å². The first-order valence-corrected chi connectivity index (χ1v) is 5.55. The molecule has 84 valence electrons. The van der Waals surface area contributed by atoms with E-state index in [-0.39, 0.29) is 16.8 Å². The van der Waals surface area contributed by atoms with Crippen molar-refractivity contribution in [2.75, 3.05) is 5.73 Å². The van der Waals surface area contributed by atoms with Gasteiger partial charge in [0.2, 0.25) is 0 Å². The SMILES string of the molecule is CC(C)c1cc(N)cc2ccc(F)c(Cl)c12. The maximum atomic E-state index is 13.4. The molecule has 0 bridgehead atoms. The van der Waals surface area contributed by atoms with E-state index in [1.54, 1.807) is 6.07 Å². The summed E-state index contributed by atoms with van der Waals surface area (Å²) < 4.78 is 13.4. The van der Waals surface area contributed by atoms with Gasteiger partial charge in [-0.1, -0.05) is 31.5 Å². The van der Waals surface area contributed by atoms with Crippen LogP contribution in [0.1, 0.15) is 25.3 Å². The Labute approximate surface area is 99.0 Å². The van der Waals surface area contributed by atoms with Crippen LogP contribution in [-0.4, -0.2) is 0 Å². The first-order chi connectivity index (χ1) is 7.50. The Bertz CT molecular complexity index is 549. The average molecular weight is 238 g/mol. The molecule has 0 heterocycles. The molecule has 0 unspecified atom stereocenters. The van der Waals surface area contributed by atoms with E-state index < -0.39 is 0 Å². The molecule has 0 radical (unpaired) electrons. The lowest BCUT2D eigenvalue weighted by molar-refractivity contribution is 0.630. The molecule has 2 aromatic carbocycles. The normalized spacial score (nSPS) is 11.3. The predicted molar refractivity (Wildman–Crippen MR) is 67.4 cm³/mol. The molecule has 0 saturated heterocycles. The molecule has 0 aliphatic rings. The molecule has 0 aromatic heterocycles. The fraction of sp³-hybridized carbons (Fsp3) is 0.231. The number of hydrogen-bond donors (Lipinski definition) is 1. The van der Waals surface area contributed by atoms with Crippen molar-refractivity contribution >= 4 is 28.1 Å². The molecule has 0 aliphatic heterocycles. The van der Waals surface area contributed by atoms with Gasteiger partial charge in [0.25, 0.3) is 0 Å². The van der Waals surface area contributed by atoms with E-state index in [4.69, 9.17) is 17.3 Å². The molecular weight excluding hydrogens is 225 g/mol. The second kappa shape index (κ2) is 3.95. The van der Waals surface area contributed by atoms with E-state index >= 15 is 0 Å². The zero-order chi connectivity index (χ0) is 11.9. The lowest BCUT2D eigenvalue weighted by Crippen LogP contribution is -1.95. The van der Waals surface area contributed by atoms with Crippen molar-refractivity contribution in [1.82, 2.24) is 0 Å². The summed E-state index contributed by atoms with van der Waals surface area (Å²) in [5, 5.41) is 1.84. The monoisotopic (exact) mass is 237 g/mol. The highest BCUT2D eigenvalue weighted by Gasteiger charge is 2.12. The van der Waals surface area contributed by atoms with Crippen LogP contribution in [0.2, 0.25) is 5.02 Å². The molecular formula is C13H13ClFN. The van der Waals surface area contributed by atoms with E-state index in [0.29, 0.717) is 5.69 Å². The minimum Gasteiger partial charge on any atom is -0.399 e. The molecule has 1 nitrogen and oxygen atoms in total. The zero-order valence-electron chi connectivity index (χ0n) is 9.22. The molecule has 3 heteroatoms. The molecule has 2 N–H and O–H groups in total. The van der Waals surface area contributed by atoms with Crippen LogP contribution in [-0.2, 0) is 0 Å². The third kappa shape index (κ3) is 1.74. The number of hydrogen-bond acceptors (Lipinski definition) is 1. The quantitative estimate of drug-likeness (QED) is 0.734. The number of benzene rings is 2. The summed E-state index contributed by atoms with van der Waals surface area (Å²) in [6.07, 6.45) is 0. The summed E-state index contributed by atoms with van der Waals surface area (Å²) in [4.78, 5) is 0. The summed E-state index contributed by atoms with van der Waals surface area (Å²) in [5.41, 5.74) is 7.48. The van der Waals surface area contributed by atoms with E-state index in [1.165, 1.54) is 6.07 Å². The number of nitrogen functional groups attached to an aromatic ring is 1. The fourth-order valence-corrected chi connectivity index (χ4v) is 2.19. The van der Waals surface area contributed by atoms with Gasteiger partial charge in [-0.05, 0) is 35.1 Å². The molecule has 0 saturated carbocycles. The van der Waals surface area contributed by atoms with Crippen molar-refractivity contribution in [1.29, 1.82) is 0 Å². The van der Waals surface area contributed by atoms with Crippen molar-refractivity contribution in [3.63, 3.8) is 0 Å². The third-order valence-corrected chi connectivity index (χ3v) is 3.05. The molecule has 0 atom stereocenters. The van der Waals surface area contributed by atoms with Gasteiger partial charge in [0.1, 0.15) is 5.82 Å². The highest BCUT2D eigenvalue weighted by atomic mass is 35.5. The van der Waals surface area contributed by atoms with Crippen molar-refractivity contribution in [3.8, 4) is 0 Å². The summed E-state index contributed by atoms with van der Waals surface area (Å²) in [7, 11) is 0. The van der Waals surface area contributed by atoms with E-state index in [0.717, 1.165) is 16.3 Å². The van der Waals surface area contributed by atoms with Gasteiger partial charge >= 0.3 is 0 Å². The van der Waals surface area contributed by atoms with Crippen LogP contribution in [0.15, 0.2) is 24.3 Å². The largest absolute Gasteiger partial charge is 0.399 e. The number of fused-ring (bicyclic) bond motifs is 1. The minimum atomic E-state index is -0.388. The number of nitrogens with two attached hydrogens (primary N) is 1. The Balaban J connectivity index is 2.92. The lowest BCUT2D eigenvalue weighted by atomic mass is 9.95. The molecule has 16 heavy (non-hydrogen) atoms. The molecule has 2 rings (SSSR count). The summed E-state index contributed by atoms with van der Waals surface area (Å²) in [6, 6.07) is 6.75. The first kappa shape index (κ1) is 11.2. The minimum absolute atomic E-state index is 0.182. The Morgan fingerprint density at radius 3 is 2.56 bits per heavy atom. The van der Waals surface area contributed by atoms with Gasteiger partial charge in [0, 0.05) is 11.1 Å². The van der Waals surface area contributed by atoms with Crippen molar-refractivity contribution in [2.24, 2.45) is 0 Å². The van der Waals surface area contributed by atoms with Crippen LogP contribution in [0.4, 0.5) is 10.1 Å². The van der Waals surface area contributed by atoms with Crippen LogP contribution < -0.4 is 5.73 Å². The van der Waals surface area contributed by atoms with Crippen molar-refractivity contribution in [3.05, 3.63) is 40.7 Å². The topological polar surface area (TPSA) is 26.0 Å². The van der Waals surface area contributed by atoms with Gasteiger partial charge in [0.15, 0.2) is 0 Å². The first-order valence-electron chi connectivity index (χ1n) is 5.18. The second-order valence-corrected chi connectivity index (χ2v) is 4.60. The van der Waals surface area contributed by atoms with Crippen LogP contribution in [0.3, 0.4) is 0 Å². The van der Waals surface area contributed by atoms with Crippen LogP contribution in [0.5, 0.6) is 0 Å². The van der Waals surface area contributed by atoms with Gasteiger partial charge in [-0.25, -0.2) is 4.39 Å². The summed E-state index contributed by atoms with van der Waals surface area (Å²) in [5.74, 6) is -0.133. The van der Waals surface area contributed by atoms with Gasteiger partial charge in [-0.2, -0.15) is 0 Å². The van der Waals surface area contributed by atoms with Crippen LogP contribution in [0, 0.1) is 5.82 Å². The molecule has 2 aromatic rings. The van der Waals surface area contributed by atoms with Gasteiger partial charge in [0.05, 0.1) is 5.02 Å². The summed E-state index contributed by atoms with van der Waals surface area (Å²) >= 11 is 6.01. The van der Waals surface area contributed by atoms with Crippen LogP contribution >= 0.6 is 11.6 Å². The van der Waals surface area contributed by atoms with E-state index in [2.05, 4.69) is 0 Å². The Morgan fingerprint density at radius 1 is 1.25 bits per heavy atom. The molecule has 0 spiro atoms. The van der Waals surface area contributed by atoms with Gasteiger partial charge in [-0.15, -0.1) is 0 Å². The van der Waals surface area contributed by atoms with Crippen molar-refractivity contribution < 1.29 is 4.39 Å². The van der Waals surface area contributed by atoms with Crippen LogP contribution in [0.25, 0.3) is 10.8 Å². The standard InChI is InChI=1S/C13H13ClFN/c1-7(2)10-6-9(16)5-8-3-4-11(15)13(14)12(8)10/h3-7H,16H2,1-2H3. The number of rotatable bonds is 1. The lowest BCUT2D eigenvalue weighted by Gasteiger charge is -2.13.